The average Bonchev–Trinajstić information content (AvgIpc) is 2.60. The number of aliphatic carboxylic acids is 1. The highest BCUT2D eigenvalue weighted by Gasteiger charge is 2.42. The molecule has 0 aliphatic carbocycles. The highest BCUT2D eigenvalue weighted by atomic mass is 16.5. The molecule has 0 spiro atoms. The highest BCUT2D eigenvalue weighted by Crippen LogP contribution is 2.24. The summed E-state index contributed by atoms with van der Waals surface area (Å²) in [6, 6.07) is -2.43. The maximum atomic E-state index is 12.1. The van der Waals surface area contributed by atoms with Crippen molar-refractivity contribution in [1.82, 2.24) is 5.32 Å². The molecule has 0 aromatic carbocycles. The average molecular weight is 355 g/mol. The second kappa shape index (κ2) is 9.04. The van der Waals surface area contributed by atoms with E-state index in [0.717, 1.165) is 6.08 Å². The standard InChI is InChI=1S/C14H20N4O7/c1-3-6(2)13(22)16-10-7(17-18-15)4-9(14(23)24)25-12(10)11(21)8(20)5-19/h3-4,7-8,10-12,19-21H,5H2,1-2H3,(H,16,22)(H,23,24)/p-1/b6-3+/t7-,8+,10+,11+,12+/m0/s1. The number of ether oxygens (including phenoxy) is 1. The quantitative estimate of drug-likeness (QED) is 0.173. The molecule has 0 unspecified atom stereocenters. The number of nitrogens with one attached hydrogen (secondary N) is 1. The molecular formula is C14H19N4O7-. The van der Waals surface area contributed by atoms with E-state index < -0.39 is 54.6 Å². The smallest absolute Gasteiger partial charge is 0.246 e. The van der Waals surface area contributed by atoms with Gasteiger partial charge < -0.3 is 35.3 Å². The molecule has 5 atom stereocenters. The monoisotopic (exact) mass is 355 g/mol. The lowest BCUT2D eigenvalue weighted by Gasteiger charge is -2.39. The van der Waals surface area contributed by atoms with Crippen molar-refractivity contribution in [3.05, 3.63) is 33.9 Å². The summed E-state index contributed by atoms with van der Waals surface area (Å²) < 4.78 is 5.10. The van der Waals surface area contributed by atoms with Crippen LogP contribution in [0.25, 0.3) is 10.4 Å². The molecule has 11 heteroatoms. The first-order valence-corrected chi connectivity index (χ1v) is 7.31. The topological polar surface area (TPSA) is 188 Å². The number of amides is 1. The fraction of sp³-hybridized carbons (Fsp3) is 0.571. The number of carboxylic acid groups (broad SMARTS) is 1. The molecular weight excluding hydrogens is 336 g/mol. The highest BCUT2D eigenvalue weighted by molar-refractivity contribution is 5.93. The largest absolute Gasteiger partial charge is 0.542 e. The molecule has 1 aliphatic rings. The van der Waals surface area contributed by atoms with Crippen molar-refractivity contribution in [1.29, 1.82) is 0 Å². The molecule has 1 aliphatic heterocycles. The van der Waals surface area contributed by atoms with Gasteiger partial charge in [-0.2, -0.15) is 0 Å². The van der Waals surface area contributed by atoms with Crippen LogP contribution in [0.3, 0.4) is 0 Å². The minimum atomic E-state index is -1.78. The molecule has 1 amide bonds. The molecule has 0 saturated heterocycles. The normalized spacial score (nSPS) is 25.7. The fourth-order valence-electron chi connectivity index (χ4n) is 2.17. The number of carbonyl (C=O) groups excluding carboxylic acids is 2. The van der Waals surface area contributed by atoms with Crippen molar-refractivity contribution in [3.8, 4) is 0 Å². The lowest BCUT2D eigenvalue weighted by Crippen LogP contribution is -2.60. The zero-order chi connectivity index (χ0) is 19.1. The Bertz CT molecular complexity index is 627. The minimum absolute atomic E-state index is 0.310. The number of carbonyl (C=O) groups is 2. The van der Waals surface area contributed by atoms with Crippen LogP contribution in [-0.2, 0) is 14.3 Å². The summed E-state index contributed by atoms with van der Waals surface area (Å²) in [5.74, 6) is -3.03. The van der Waals surface area contributed by atoms with Gasteiger partial charge in [0.15, 0.2) is 0 Å². The van der Waals surface area contributed by atoms with Gasteiger partial charge in [-0.15, -0.1) is 0 Å². The molecule has 1 rings (SSSR count). The van der Waals surface area contributed by atoms with Crippen LogP contribution in [0.1, 0.15) is 13.8 Å². The first-order valence-electron chi connectivity index (χ1n) is 7.31. The molecule has 0 saturated carbocycles. The van der Waals surface area contributed by atoms with E-state index >= 15 is 0 Å². The van der Waals surface area contributed by atoms with Crippen molar-refractivity contribution in [2.24, 2.45) is 5.11 Å². The number of aliphatic hydroxyl groups excluding tert-OH is 3. The van der Waals surface area contributed by atoms with Crippen LogP contribution in [0.2, 0.25) is 0 Å². The van der Waals surface area contributed by atoms with E-state index in [-0.39, 0.29) is 0 Å². The molecule has 0 bridgehead atoms. The minimum Gasteiger partial charge on any atom is -0.542 e. The third-order valence-corrected chi connectivity index (χ3v) is 3.70. The second-order valence-electron chi connectivity index (χ2n) is 5.31. The van der Waals surface area contributed by atoms with Gasteiger partial charge in [0.1, 0.15) is 30.0 Å². The van der Waals surface area contributed by atoms with E-state index in [4.69, 9.17) is 15.4 Å². The van der Waals surface area contributed by atoms with Gasteiger partial charge in [0, 0.05) is 10.5 Å². The molecule has 0 fully saturated rings. The predicted octanol–water partition coefficient (Wildman–Crippen LogP) is -2.14. The van der Waals surface area contributed by atoms with Crippen LogP contribution in [0.15, 0.2) is 28.6 Å². The van der Waals surface area contributed by atoms with Gasteiger partial charge in [-0.25, -0.2) is 0 Å². The lowest BCUT2D eigenvalue weighted by molar-refractivity contribution is -0.305. The molecule has 4 N–H and O–H groups in total. The SMILES string of the molecule is C/C=C(\C)C(=O)N[C@H]1[C@H]([C@H](O)[C@H](O)CO)OC(C(=O)[O-])=C[C@@H]1N=[N+]=[N-]. The summed E-state index contributed by atoms with van der Waals surface area (Å²) in [4.78, 5) is 25.8. The van der Waals surface area contributed by atoms with E-state index in [1.807, 2.05) is 0 Å². The van der Waals surface area contributed by atoms with Crippen molar-refractivity contribution in [2.75, 3.05) is 6.61 Å². The van der Waals surface area contributed by atoms with Crippen LogP contribution >= 0.6 is 0 Å². The van der Waals surface area contributed by atoms with Gasteiger partial charge in [-0.1, -0.05) is 11.2 Å². The van der Waals surface area contributed by atoms with Gasteiger partial charge in [-0.3, -0.25) is 4.79 Å². The summed E-state index contributed by atoms with van der Waals surface area (Å²) in [6.07, 6.45) is -2.53. The number of rotatable bonds is 7. The van der Waals surface area contributed by atoms with Gasteiger partial charge in [0.2, 0.25) is 5.91 Å². The Balaban J connectivity index is 3.30. The van der Waals surface area contributed by atoms with Crippen molar-refractivity contribution in [2.45, 2.75) is 44.2 Å². The molecule has 0 radical (unpaired) electrons. The van der Waals surface area contributed by atoms with Crippen molar-refractivity contribution < 1.29 is 34.8 Å². The zero-order valence-corrected chi connectivity index (χ0v) is 13.6. The van der Waals surface area contributed by atoms with E-state index in [1.165, 1.54) is 13.0 Å². The molecule has 0 aromatic rings. The Kier molecular flexibility index (Phi) is 7.40. The number of aliphatic hydroxyl groups is 3. The van der Waals surface area contributed by atoms with Crippen molar-refractivity contribution in [3.63, 3.8) is 0 Å². The summed E-state index contributed by atoms with van der Waals surface area (Å²) in [5, 5.41) is 45.7. The third-order valence-electron chi connectivity index (χ3n) is 3.70. The Labute approximate surface area is 142 Å². The van der Waals surface area contributed by atoms with E-state index in [0.29, 0.717) is 5.57 Å². The molecule has 1 heterocycles. The van der Waals surface area contributed by atoms with Crippen LogP contribution in [-0.4, -0.2) is 64.2 Å². The molecule has 0 aromatic heterocycles. The molecule has 138 valence electrons. The number of allylic oxidation sites excluding steroid dienone is 1. The molecule has 25 heavy (non-hydrogen) atoms. The van der Waals surface area contributed by atoms with Gasteiger partial charge in [0.05, 0.1) is 18.7 Å². The lowest BCUT2D eigenvalue weighted by atomic mass is 9.92. The number of azide groups is 1. The fourth-order valence-corrected chi connectivity index (χ4v) is 2.17. The Morgan fingerprint density at radius 1 is 1.56 bits per heavy atom. The Morgan fingerprint density at radius 3 is 2.68 bits per heavy atom. The van der Waals surface area contributed by atoms with Gasteiger partial charge in [-0.05, 0) is 25.5 Å². The first kappa shape index (κ1) is 20.5. The predicted molar refractivity (Wildman–Crippen MR) is 81.4 cm³/mol. The molecule has 11 nitrogen and oxygen atoms in total. The summed E-state index contributed by atoms with van der Waals surface area (Å²) >= 11 is 0. The van der Waals surface area contributed by atoms with E-state index in [1.54, 1.807) is 6.92 Å². The first-order chi connectivity index (χ1) is 11.8. The van der Waals surface area contributed by atoms with E-state index in [2.05, 4.69) is 15.3 Å². The van der Waals surface area contributed by atoms with Crippen molar-refractivity contribution >= 4 is 11.9 Å². The summed E-state index contributed by atoms with van der Waals surface area (Å²) in [7, 11) is 0. The van der Waals surface area contributed by atoms with Gasteiger partial charge >= 0.3 is 0 Å². The van der Waals surface area contributed by atoms with E-state index in [9.17, 15) is 24.9 Å². The summed E-state index contributed by atoms with van der Waals surface area (Å²) in [5.41, 5.74) is 8.99. The Morgan fingerprint density at radius 2 is 2.20 bits per heavy atom. The number of carboxylic acids is 1. The number of nitrogens with zero attached hydrogens (tertiary/aromatic N) is 3. The van der Waals surface area contributed by atoms with Crippen LogP contribution in [0.5, 0.6) is 0 Å². The van der Waals surface area contributed by atoms with Crippen LogP contribution < -0.4 is 10.4 Å². The third kappa shape index (κ3) is 4.94. The maximum Gasteiger partial charge on any atom is 0.246 e. The van der Waals surface area contributed by atoms with Crippen LogP contribution in [0, 0.1) is 0 Å². The second-order valence-corrected chi connectivity index (χ2v) is 5.31. The number of hydrogen-bond acceptors (Lipinski definition) is 8. The zero-order valence-electron chi connectivity index (χ0n) is 13.6. The van der Waals surface area contributed by atoms with Gasteiger partial charge in [0.25, 0.3) is 0 Å². The maximum absolute atomic E-state index is 12.1. The van der Waals surface area contributed by atoms with Crippen LogP contribution in [0.4, 0.5) is 0 Å². The summed E-state index contributed by atoms with van der Waals surface area (Å²) in [6.45, 7) is 2.29. The Hall–Kier alpha value is -2.59. The number of hydrogen-bond donors (Lipinski definition) is 4.